The van der Waals surface area contributed by atoms with Crippen molar-refractivity contribution >= 4 is 17.8 Å². The lowest BCUT2D eigenvalue weighted by atomic mass is 9.88. The maximum atomic E-state index is 13.5. The Morgan fingerprint density at radius 2 is 1.09 bits per heavy atom. The van der Waals surface area contributed by atoms with E-state index >= 15 is 0 Å². The molecule has 3 rings (SSSR count). The van der Waals surface area contributed by atoms with E-state index < -0.39 is 148 Å². The van der Waals surface area contributed by atoms with E-state index in [1.807, 2.05) is 0 Å². The minimum absolute atomic E-state index is 0.224. The van der Waals surface area contributed by atoms with Crippen LogP contribution in [0.4, 0.5) is 0 Å². The number of carboxylic acid groups (broad SMARTS) is 1. The van der Waals surface area contributed by atoms with Crippen molar-refractivity contribution < 1.29 is 104 Å². The molecule has 0 spiro atoms. The van der Waals surface area contributed by atoms with E-state index in [2.05, 4.69) is 48.8 Å². The third kappa shape index (κ3) is 31.3. The predicted octanol–water partition coefficient (Wildman–Crippen LogP) is 6.45. The van der Waals surface area contributed by atoms with Crippen LogP contribution in [0.25, 0.3) is 0 Å². The fraction of sp³-hybridized carbons (Fsp3) is 0.897. The number of carbonyl (C=O) groups excluding carboxylic acids is 2. The molecule has 23 heteroatoms. The van der Waals surface area contributed by atoms with E-state index in [-0.39, 0.29) is 18.9 Å². The molecule has 0 aromatic heterocycles. The highest BCUT2D eigenvalue weighted by Crippen LogP contribution is 2.39. The largest absolute Gasteiger partial charge is 0.477 e. The molecule has 3 fully saturated rings. The fourth-order valence-corrected chi connectivity index (χ4v) is 12.3. The van der Waals surface area contributed by atoms with Crippen LogP contribution in [-0.4, -0.2) is 215 Å². The van der Waals surface area contributed by atoms with Gasteiger partial charge in [-0.15, -0.1) is 0 Å². The van der Waals surface area contributed by atoms with Gasteiger partial charge in [-0.25, -0.2) is 4.79 Å². The number of ether oxygens (including phenoxy) is 6. The molecule has 0 aromatic rings. The molecule has 3 aliphatic rings. The van der Waals surface area contributed by atoms with Gasteiger partial charge in [0.1, 0.15) is 67.1 Å². The van der Waals surface area contributed by atoms with E-state index in [0.29, 0.717) is 19.3 Å². The monoisotopic (exact) mass is 1300 g/mol. The molecule has 0 aromatic carbocycles. The molecule has 3 saturated heterocycles. The summed E-state index contributed by atoms with van der Waals surface area (Å²) in [6, 6.07) is -2.53. The molecule has 18 unspecified atom stereocenters. The Morgan fingerprint density at radius 1 is 0.582 bits per heavy atom. The normalized spacial score (nSPS) is 28.5. The number of aliphatic hydroxyl groups is 11. The first-order chi connectivity index (χ1) is 43.9. The molecule has 0 aliphatic carbocycles. The SMILES string of the molecule is CC/C=C\C/C=C\CCCCCCCCCCCCCCCCC(=O)NC(COC1OC(CO)C(OC2OC(CO)C(O)C(OC3(C(=O)O)CC(O)C(NC(C)=O)C(C(O)C(O)CO)O3)C2O)C(O)C1O)C(O)CCCCCCCCCCCCCCCCCC. The molecule has 14 N–H and O–H groups in total. The van der Waals surface area contributed by atoms with Gasteiger partial charge in [-0.3, -0.25) is 9.59 Å². The van der Waals surface area contributed by atoms with Crippen molar-refractivity contribution in [1.29, 1.82) is 0 Å². The standard InChI is InChI=1S/C68H124N2O21/c1-4-6-8-10-12-14-16-18-20-22-23-24-25-26-28-30-32-34-36-38-40-42-55(78)70-49(50(75)41-39-37-35-33-31-29-27-21-19-17-15-13-11-9-7-5-2)47-86-65-60(82)59(81)62(54(46-73)88-65)89-66-61(83)64(58(80)53(45-72)87-66)91-68(67(84)85)43-51(76)56(69-48(3)74)63(90-68)57(79)52(77)44-71/h6,8,12,14,49-54,56-66,71-73,75-77,79-83H,4-5,7,9-11,13,15-47H2,1-3H3,(H,69,74)(H,70,78)(H,84,85)/b8-6-,14-12-. The lowest BCUT2D eigenvalue weighted by Gasteiger charge is -2.50. The first-order valence-electron chi connectivity index (χ1n) is 35.2. The topological polar surface area (TPSA) is 373 Å². The van der Waals surface area contributed by atoms with Gasteiger partial charge in [0.2, 0.25) is 11.8 Å². The number of unbranched alkanes of at least 4 members (excludes halogenated alkanes) is 29. The lowest BCUT2D eigenvalue weighted by Crippen LogP contribution is -2.70. The summed E-state index contributed by atoms with van der Waals surface area (Å²) in [6.07, 6.45) is 18.9. The zero-order valence-corrected chi connectivity index (χ0v) is 55.4. The van der Waals surface area contributed by atoms with Crippen molar-refractivity contribution in [2.24, 2.45) is 0 Å². The van der Waals surface area contributed by atoms with Gasteiger partial charge in [0.15, 0.2) is 12.6 Å². The minimum Gasteiger partial charge on any atom is -0.477 e. The Labute approximate surface area is 543 Å². The molecule has 0 bridgehead atoms. The number of hydrogen-bond donors (Lipinski definition) is 14. The predicted molar refractivity (Wildman–Crippen MR) is 343 cm³/mol. The minimum atomic E-state index is -3.08. The van der Waals surface area contributed by atoms with Crippen molar-refractivity contribution in [1.82, 2.24) is 10.6 Å². The molecular formula is C68H124N2O21. The number of amides is 2. The second-order valence-corrected chi connectivity index (χ2v) is 25.7. The average Bonchev–Trinajstić information content (AvgIpc) is 0.788. The van der Waals surface area contributed by atoms with Crippen LogP contribution in [0.2, 0.25) is 0 Å². The molecular weight excluding hydrogens is 1180 g/mol. The van der Waals surface area contributed by atoms with Gasteiger partial charge in [0.05, 0.1) is 50.7 Å². The van der Waals surface area contributed by atoms with Crippen LogP contribution in [-0.2, 0) is 42.8 Å². The Balaban J connectivity index is 1.58. The van der Waals surface area contributed by atoms with Crippen LogP contribution in [0.15, 0.2) is 24.3 Å². The average molecular weight is 1310 g/mol. The van der Waals surface area contributed by atoms with Crippen LogP contribution in [0.5, 0.6) is 0 Å². The van der Waals surface area contributed by atoms with E-state index in [1.54, 1.807) is 0 Å². The molecule has 3 aliphatic heterocycles. The van der Waals surface area contributed by atoms with Gasteiger partial charge in [-0.2, -0.15) is 0 Å². The van der Waals surface area contributed by atoms with Gasteiger partial charge >= 0.3 is 5.97 Å². The van der Waals surface area contributed by atoms with Crippen molar-refractivity contribution in [3.05, 3.63) is 24.3 Å². The second kappa shape index (κ2) is 48.8. The van der Waals surface area contributed by atoms with Crippen LogP contribution < -0.4 is 10.6 Å². The summed E-state index contributed by atoms with van der Waals surface area (Å²) >= 11 is 0. The van der Waals surface area contributed by atoms with E-state index in [9.17, 15) is 75.7 Å². The summed E-state index contributed by atoms with van der Waals surface area (Å²) in [4.78, 5) is 38.6. The van der Waals surface area contributed by atoms with Gasteiger partial charge in [0.25, 0.3) is 5.79 Å². The molecule has 3 heterocycles. The zero-order valence-electron chi connectivity index (χ0n) is 55.4. The quantitative estimate of drug-likeness (QED) is 0.0230. The number of nitrogens with one attached hydrogen (secondary N) is 2. The number of allylic oxidation sites excluding steroid dienone is 4. The van der Waals surface area contributed by atoms with Crippen molar-refractivity contribution in [2.75, 3.05) is 26.4 Å². The highest BCUT2D eigenvalue weighted by molar-refractivity contribution is 5.77. The Morgan fingerprint density at radius 3 is 1.59 bits per heavy atom. The highest BCUT2D eigenvalue weighted by Gasteiger charge is 2.60. The Hall–Kier alpha value is -2.79. The van der Waals surface area contributed by atoms with Crippen LogP contribution in [0.3, 0.4) is 0 Å². The molecule has 532 valence electrons. The van der Waals surface area contributed by atoms with Crippen LogP contribution in [0, 0.1) is 0 Å². The molecule has 91 heavy (non-hydrogen) atoms. The van der Waals surface area contributed by atoms with E-state index in [4.69, 9.17) is 28.4 Å². The van der Waals surface area contributed by atoms with Crippen molar-refractivity contribution in [3.8, 4) is 0 Å². The first-order valence-corrected chi connectivity index (χ1v) is 35.2. The van der Waals surface area contributed by atoms with E-state index in [1.165, 1.54) is 135 Å². The first kappa shape index (κ1) is 82.4. The van der Waals surface area contributed by atoms with Crippen LogP contribution >= 0.6 is 0 Å². The Bertz CT molecular complexity index is 1940. The maximum Gasteiger partial charge on any atom is 0.364 e. The number of aliphatic hydroxyl groups excluding tert-OH is 11. The third-order valence-electron chi connectivity index (χ3n) is 17.9. The summed E-state index contributed by atoms with van der Waals surface area (Å²) in [7, 11) is 0. The summed E-state index contributed by atoms with van der Waals surface area (Å²) in [5.74, 6) is -6.10. The summed E-state index contributed by atoms with van der Waals surface area (Å²) in [6.45, 7) is 2.11. The van der Waals surface area contributed by atoms with E-state index in [0.717, 1.165) is 71.1 Å². The molecule has 23 nitrogen and oxygen atoms in total. The number of rotatable bonds is 53. The molecule has 0 radical (unpaired) electrons. The Kier molecular flexibility index (Phi) is 44.2. The molecule has 0 saturated carbocycles. The number of carbonyl (C=O) groups is 3. The second-order valence-electron chi connectivity index (χ2n) is 25.7. The van der Waals surface area contributed by atoms with Gasteiger partial charge in [0, 0.05) is 19.8 Å². The lowest BCUT2D eigenvalue weighted by molar-refractivity contribution is -0.386. The summed E-state index contributed by atoms with van der Waals surface area (Å²) in [5, 5.41) is 136. The van der Waals surface area contributed by atoms with Crippen molar-refractivity contribution in [2.45, 2.75) is 362 Å². The van der Waals surface area contributed by atoms with Gasteiger partial charge in [-0.05, 0) is 38.5 Å². The number of carboxylic acids is 1. The highest BCUT2D eigenvalue weighted by atomic mass is 16.8. The number of aliphatic carboxylic acids is 1. The number of hydrogen-bond acceptors (Lipinski definition) is 20. The molecule has 18 atom stereocenters. The summed E-state index contributed by atoms with van der Waals surface area (Å²) < 4.78 is 34.9. The maximum absolute atomic E-state index is 13.5. The fourth-order valence-electron chi connectivity index (χ4n) is 12.3. The van der Waals surface area contributed by atoms with Gasteiger partial charge < -0.3 is 100 Å². The molecule has 2 amide bonds. The van der Waals surface area contributed by atoms with Crippen LogP contribution in [0.1, 0.15) is 252 Å². The van der Waals surface area contributed by atoms with Gasteiger partial charge in [-0.1, -0.05) is 218 Å². The summed E-state index contributed by atoms with van der Waals surface area (Å²) in [5.41, 5.74) is 0. The third-order valence-corrected chi connectivity index (χ3v) is 17.9. The van der Waals surface area contributed by atoms with Crippen molar-refractivity contribution in [3.63, 3.8) is 0 Å². The smallest absolute Gasteiger partial charge is 0.364 e. The zero-order chi connectivity index (χ0) is 66.8.